The molecule has 0 unspecified atom stereocenters. The molecule has 1 aromatic carbocycles. The molecule has 7 heteroatoms. The molecule has 154 valence electrons. The molecule has 1 saturated heterocycles. The van der Waals surface area contributed by atoms with E-state index in [-0.39, 0.29) is 17.7 Å². The van der Waals surface area contributed by atoms with E-state index in [2.05, 4.69) is 0 Å². The minimum atomic E-state index is -1.17. The molecule has 3 rings (SSSR count). The molecule has 0 N–H and O–H groups in total. The second kappa shape index (κ2) is 8.51. The molecule has 0 aliphatic carbocycles. The maximum Gasteiger partial charge on any atom is 0.289 e. The van der Waals surface area contributed by atoms with E-state index in [1.54, 1.807) is 47.7 Å². The van der Waals surface area contributed by atoms with Gasteiger partial charge in [0.2, 0.25) is 11.8 Å². The molecule has 1 aliphatic heterocycles. The maximum absolute atomic E-state index is 13.1. The van der Waals surface area contributed by atoms with Crippen molar-refractivity contribution >= 4 is 17.7 Å². The molecule has 2 heterocycles. The van der Waals surface area contributed by atoms with Crippen molar-refractivity contribution < 1.29 is 18.8 Å². The van der Waals surface area contributed by atoms with E-state index in [1.165, 1.54) is 6.26 Å². The van der Waals surface area contributed by atoms with Crippen molar-refractivity contribution in [3.05, 3.63) is 60.1 Å². The van der Waals surface area contributed by atoms with Crippen LogP contribution in [0.3, 0.4) is 0 Å². The molecule has 1 fully saturated rings. The summed E-state index contributed by atoms with van der Waals surface area (Å²) in [6.07, 6.45) is 1.47. The summed E-state index contributed by atoms with van der Waals surface area (Å²) in [4.78, 5) is 43.4. The lowest BCUT2D eigenvalue weighted by Gasteiger charge is -2.38. The van der Waals surface area contributed by atoms with Crippen LogP contribution in [0.25, 0.3) is 0 Å². The summed E-state index contributed by atoms with van der Waals surface area (Å²) in [5, 5.41) is 0. The highest BCUT2D eigenvalue weighted by atomic mass is 16.3. The number of rotatable bonds is 5. The van der Waals surface area contributed by atoms with Gasteiger partial charge in [0.05, 0.1) is 6.26 Å². The standard InChI is InChI=1S/C22H27N3O4/c1-22(2,20(27)23(3)16-17-8-5-4-6-9-17)21(28)25-13-11-24(12-14-25)19(26)18-10-7-15-29-18/h4-10,15H,11-14,16H2,1-3H3. The quantitative estimate of drug-likeness (QED) is 0.726. The second-order valence-electron chi connectivity index (χ2n) is 7.83. The van der Waals surface area contributed by atoms with Crippen LogP contribution in [0.1, 0.15) is 30.0 Å². The Bertz CT molecular complexity index is 853. The first-order chi connectivity index (χ1) is 13.8. The lowest BCUT2D eigenvalue weighted by molar-refractivity contribution is -0.154. The molecule has 0 bridgehead atoms. The number of carbonyl (C=O) groups is 3. The van der Waals surface area contributed by atoms with Gasteiger partial charge >= 0.3 is 0 Å². The van der Waals surface area contributed by atoms with Gasteiger partial charge in [-0.3, -0.25) is 14.4 Å². The van der Waals surface area contributed by atoms with Crippen molar-refractivity contribution in [2.45, 2.75) is 20.4 Å². The van der Waals surface area contributed by atoms with Crippen molar-refractivity contribution in [1.82, 2.24) is 14.7 Å². The van der Waals surface area contributed by atoms with Crippen LogP contribution < -0.4 is 0 Å². The second-order valence-corrected chi connectivity index (χ2v) is 7.83. The first-order valence-corrected chi connectivity index (χ1v) is 9.72. The summed E-state index contributed by atoms with van der Waals surface area (Å²) < 4.78 is 5.16. The molecule has 0 atom stereocenters. The molecule has 1 aromatic heterocycles. The summed E-state index contributed by atoms with van der Waals surface area (Å²) >= 11 is 0. The average molecular weight is 397 g/mol. The van der Waals surface area contributed by atoms with E-state index in [0.29, 0.717) is 38.5 Å². The van der Waals surface area contributed by atoms with Gasteiger partial charge in [-0.05, 0) is 31.5 Å². The molecular formula is C22H27N3O4. The smallest absolute Gasteiger partial charge is 0.289 e. The number of hydrogen-bond acceptors (Lipinski definition) is 4. The normalized spacial score (nSPS) is 14.6. The minimum Gasteiger partial charge on any atom is -0.459 e. The van der Waals surface area contributed by atoms with E-state index in [9.17, 15) is 14.4 Å². The number of amides is 3. The number of nitrogens with zero attached hydrogens (tertiary/aromatic N) is 3. The maximum atomic E-state index is 13.1. The zero-order chi connectivity index (χ0) is 21.0. The summed E-state index contributed by atoms with van der Waals surface area (Å²) in [5.74, 6) is -0.323. The van der Waals surface area contributed by atoms with E-state index in [0.717, 1.165) is 5.56 Å². The molecule has 3 amide bonds. The zero-order valence-electron chi connectivity index (χ0n) is 17.1. The van der Waals surface area contributed by atoms with Gasteiger partial charge in [0.15, 0.2) is 5.76 Å². The summed E-state index contributed by atoms with van der Waals surface area (Å²) in [6, 6.07) is 13.0. The fourth-order valence-electron chi connectivity index (χ4n) is 3.56. The first-order valence-electron chi connectivity index (χ1n) is 9.72. The molecule has 0 radical (unpaired) electrons. The van der Waals surface area contributed by atoms with Gasteiger partial charge in [0, 0.05) is 39.8 Å². The minimum absolute atomic E-state index is 0.181. The van der Waals surface area contributed by atoms with Gasteiger partial charge in [-0.25, -0.2) is 0 Å². The molecular weight excluding hydrogens is 370 g/mol. The van der Waals surface area contributed by atoms with E-state index in [1.807, 2.05) is 30.3 Å². The van der Waals surface area contributed by atoms with Crippen LogP contribution in [-0.2, 0) is 16.1 Å². The highest BCUT2D eigenvalue weighted by Crippen LogP contribution is 2.24. The van der Waals surface area contributed by atoms with Gasteiger partial charge in [-0.1, -0.05) is 30.3 Å². The third kappa shape index (κ3) is 4.50. The highest BCUT2D eigenvalue weighted by molar-refractivity contribution is 6.04. The van der Waals surface area contributed by atoms with Crippen molar-refractivity contribution in [3.8, 4) is 0 Å². The van der Waals surface area contributed by atoms with Crippen LogP contribution in [0.15, 0.2) is 53.1 Å². The molecule has 1 aliphatic rings. The molecule has 0 spiro atoms. The molecule has 2 aromatic rings. The SMILES string of the molecule is CN(Cc1ccccc1)C(=O)C(C)(C)C(=O)N1CCN(C(=O)c2ccco2)CC1. The van der Waals surface area contributed by atoms with Gasteiger partial charge in [-0.15, -0.1) is 0 Å². The van der Waals surface area contributed by atoms with Gasteiger partial charge < -0.3 is 19.1 Å². The van der Waals surface area contributed by atoms with Crippen LogP contribution in [0.4, 0.5) is 0 Å². The fraction of sp³-hybridized carbons (Fsp3) is 0.409. The van der Waals surface area contributed by atoms with Crippen LogP contribution in [0.2, 0.25) is 0 Å². The Morgan fingerprint density at radius 2 is 1.59 bits per heavy atom. The summed E-state index contributed by atoms with van der Waals surface area (Å²) in [7, 11) is 1.71. The number of carbonyl (C=O) groups excluding carboxylic acids is 3. The van der Waals surface area contributed by atoms with Crippen LogP contribution in [0.5, 0.6) is 0 Å². The molecule has 29 heavy (non-hydrogen) atoms. The third-order valence-corrected chi connectivity index (χ3v) is 5.26. The highest BCUT2D eigenvalue weighted by Gasteiger charge is 2.42. The summed E-state index contributed by atoms with van der Waals surface area (Å²) in [6.45, 7) is 5.39. The predicted octanol–water partition coefficient (Wildman–Crippen LogP) is 2.25. The van der Waals surface area contributed by atoms with Crippen molar-refractivity contribution in [2.24, 2.45) is 5.41 Å². The summed E-state index contributed by atoms with van der Waals surface area (Å²) in [5.41, 5.74) is -0.159. The van der Waals surface area contributed by atoms with Gasteiger partial charge in [-0.2, -0.15) is 0 Å². The number of piperazine rings is 1. The Morgan fingerprint density at radius 3 is 2.17 bits per heavy atom. The van der Waals surface area contributed by atoms with Crippen LogP contribution in [-0.4, -0.2) is 65.6 Å². The fourth-order valence-corrected chi connectivity index (χ4v) is 3.56. The van der Waals surface area contributed by atoms with Crippen LogP contribution >= 0.6 is 0 Å². The van der Waals surface area contributed by atoms with Crippen molar-refractivity contribution in [3.63, 3.8) is 0 Å². The third-order valence-electron chi connectivity index (χ3n) is 5.26. The average Bonchev–Trinajstić information content (AvgIpc) is 3.27. The Labute approximate surface area is 170 Å². The lowest BCUT2D eigenvalue weighted by Crippen LogP contribution is -2.56. The van der Waals surface area contributed by atoms with Crippen molar-refractivity contribution in [1.29, 1.82) is 0 Å². The largest absolute Gasteiger partial charge is 0.459 e. The van der Waals surface area contributed by atoms with E-state index < -0.39 is 5.41 Å². The monoisotopic (exact) mass is 397 g/mol. The Morgan fingerprint density at radius 1 is 0.966 bits per heavy atom. The van der Waals surface area contributed by atoms with Gasteiger partial charge in [0.25, 0.3) is 5.91 Å². The van der Waals surface area contributed by atoms with E-state index >= 15 is 0 Å². The number of hydrogen-bond donors (Lipinski definition) is 0. The topological polar surface area (TPSA) is 74.1 Å². The Kier molecular flexibility index (Phi) is 6.06. The Balaban J connectivity index is 1.58. The zero-order valence-corrected chi connectivity index (χ0v) is 17.1. The molecule has 0 saturated carbocycles. The van der Waals surface area contributed by atoms with Gasteiger partial charge in [0.1, 0.15) is 5.41 Å². The predicted molar refractivity (Wildman–Crippen MR) is 108 cm³/mol. The number of furan rings is 1. The lowest BCUT2D eigenvalue weighted by atomic mass is 9.89. The Hall–Kier alpha value is -3.09. The first kappa shape index (κ1) is 20.6. The molecule has 7 nitrogen and oxygen atoms in total. The van der Waals surface area contributed by atoms with Crippen molar-refractivity contribution in [2.75, 3.05) is 33.2 Å². The number of benzene rings is 1. The van der Waals surface area contributed by atoms with E-state index in [4.69, 9.17) is 4.42 Å². The van der Waals surface area contributed by atoms with Crippen LogP contribution in [0, 0.1) is 5.41 Å².